The highest BCUT2D eigenvalue weighted by atomic mass is 79.9. The van der Waals surface area contributed by atoms with Crippen LogP contribution in [0.1, 0.15) is 10.4 Å². The van der Waals surface area contributed by atoms with Crippen LogP contribution in [-0.2, 0) is 0 Å². The van der Waals surface area contributed by atoms with Gasteiger partial charge in [0.25, 0.3) is 0 Å². The number of aldehydes is 1. The van der Waals surface area contributed by atoms with Crippen LogP contribution in [-0.4, -0.2) is 25.7 Å². The average Bonchev–Trinajstić information content (AvgIpc) is 2.86. The molecule has 0 saturated heterocycles. The highest BCUT2D eigenvalue weighted by Gasteiger charge is 2.16. The molecule has 5 nitrogen and oxygen atoms in total. The maximum Gasteiger partial charge on any atom is 0.161 e. The molecular formula is C12H10BrNO4. The van der Waals surface area contributed by atoms with Crippen molar-refractivity contribution in [3.8, 4) is 22.8 Å². The highest BCUT2D eigenvalue weighted by molar-refractivity contribution is 9.10. The van der Waals surface area contributed by atoms with Gasteiger partial charge in [-0.1, -0.05) is 5.16 Å². The fourth-order valence-corrected chi connectivity index (χ4v) is 2.08. The Balaban J connectivity index is 2.61. The fraction of sp³-hybridized carbons (Fsp3) is 0.167. The van der Waals surface area contributed by atoms with Crippen LogP contribution < -0.4 is 9.47 Å². The van der Waals surface area contributed by atoms with E-state index in [2.05, 4.69) is 21.1 Å². The van der Waals surface area contributed by atoms with E-state index < -0.39 is 0 Å². The van der Waals surface area contributed by atoms with E-state index >= 15 is 0 Å². The summed E-state index contributed by atoms with van der Waals surface area (Å²) in [5, 5.41) is 3.82. The van der Waals surface area contributed by atoms with E-state index in [1.165, 1.54) is 6.26 Å². The van der Waals surface area contributed by atoms with E-state index in [0.29, 0.717) is 34.6 Å². The second-order valence-corrected chi connectivity index (χ2v) is 4.28. The molecular weight excluding hydrogens is 302 g/mol. The minimum Gasteiger partial charge on any atom is -0.493 e. The first-order valence-corrected chi connectivity index (χ1v) is 5.82. The molecule has 1 aromatic heterocycles. The molecule has 94 valence electrons. The number of hydrogen-bond donors (Lipinski definition) is 0. The van der Waals surface area contributed by atoms with Gasteiger partial charge in [-0.15, -0.1) is 0 Å². The lowest BCUT2D eigenvalue weighted by molar-refractivity contribution is 0.112. The third kappa shape index (κ3) is 2.11. The van der Waals surface area contributed by atoms with Crippen molar-refractivity contribution < 1.29 is 18.8 Å². The van der Waals surface area contributed by atoms with Crippen molar-refractivity contribution >= 4 is 22.2 Å². The van der Waals surface area contributed by atoms with Gasteiger partial charge in [0, 0.05) is 10.0 Å². The van der Waals surface area contributed by atoms with Crippen LogP contribution in [0.5, 0.6) is 11.5 Å². The summed E-state index contributed by atoms with van der Waals surface area (Å²) in [6, 6.07) is 3.48. The summed E-state index contributed by atoms with van der Waals surface area (Å²) in [4.78, 5) is 10.9. The first-order valence-electron chi connectivity index (χ1n) is 5.02. The Labute approximate surface area is 112 Å². The number of carbonyl (C=O) groups excluding carboxylic acids is 1. The van der Waals surface area contributed by atoms with Crippen molar-refractivity contribution in [1.82, 2.24) is 5.16 Å². The molecule has 0 aliphatic heterocycles. The Morgan fingerprint density at radius 2 is 1.94 bits per heavy atom. The molecule has 0 bridgehead atoms. The lowest BCUT2D eigenvalue weighted by atomic mass is 10.1. The Morgan fingerprint density at radius 1 is 1.28 bits per heavy atom. The summed E-state index contributed by atoms with van der Waals surface area (Å²) in [6.07, 6.45) is 1.99. The second-order valence-electron chi connectivity index (χ2n) is 3.42. The molecule has 6 heteroatoms. The Bertz CT molecular complexity index is 579. The minimum absolute atomic E-state index is 0.378. The van der Waals surface area contributed by atoms with Gasteiger partial charge in [-0.3, -0.25) is 4.79 Å². The number of aromatic nitrogens is 1. The van der Waals surface area contributed by atoms with E-state index in [0.717, 1.165) is 4.47 Å². The average molecular weight is 312 g/mol. The molecule has 0 aliphatic carbocycles. The summed E-state index contributed by atoms with van der Waals surface area (Å²) < 4.78 is 15.9. The molecule has 0 unspecified atom stereocenters. The van der Waals surface area contributed by atoms with Crippen molar-refractivity contribution in [2.75, 3.05) is 14.2 Å². The van der Waals surface area contributed by atoms with Gasteiger partial charge in [0.15, 0.2) is 17.8 Å². The van der Waals surface area contributed by atoms with Crippen LogP contribution in [0.15, 0.2) is 27.4 Å². The van der Waals surface area contributed by atoms with Gasteiger partial charge in [-0.05, 0) is 28.1 Å². The third-order valence-electron chi connectivity index (χ3n) is 2.45. The molecule has 0 atom stereocenters. The number of halogens is 1. The maximum atomic E-state index is 10.9. The van der Waals surface area contributed by atoms with Crippen LogP contribution in [0, 0.1) is 0 Å². The van der Waals surface area contributed by atoms with Gasteiger partial charge >= 0.3 is 0 Å². The summed E-state index contributed by atoms with van der Waals surface area (Å²) in [6.45, 7) is 0. The Hall–Kier alpha value is -1.82. The zero-order chi connectivity index (χ0) is 13.1. The van der Waals surface area contributed by atoms with Gasteiger partial charge in [0.1, 0.15) is 12.0 Å². The zero-order valence-electron chi connectivity index (χ0n) is 9.77. The van der Waals surface area contributed by atoms with Crippen molar-refractivity contribution in [1.29, 1.82) is 0 Å². The number of rotatable bonds is 4. The number of methoxy groups -OCH3 is 2. The highest BCUT2D eigenvalue weighted by Crippen LogP contribution is 2.38. The molecule has 1 heterocycles. The predicted molar refractivity (Wildman–Crippen MR) is 68.1 cm³/mol. The number of ether oxygens (including phenoxy) is 2. The van der Waals surface area contributed by atoms with Gasteiger partial charge in [0.2, 0.25) is 0 Å². The molecule has 0 spiro atoms. The van der Waals surface area contributed by atoms with Crippen LogP contribution >= 0.6 is 15.9 Å². The van der Waals surface area contributed by atoms with Gasteiger partial charge in [-0.2, -0.15) is 0 Å². The molecule has 0 amide bonds. The standard InChI is InChI=1S/C12H10BrNO4/c1-16-10-3-8(9(13)4-11(10)17-2)12-7(5-15)6-18-14-12/h3-6H,1-2H3. The molecule has 0 N–H and O–H groups in total. The molecule has 2 aromatic rings. The largest absolute Gasteiger partial charge is 0.493 e. The van der Waals surface area contributed by atoms with Gasteiger partial charge in [-0.25, -0.2) is 0 Å². The second kappa shape index (κ2) is 5.22. The van der Waals surface area contributed by atoms with Gasteiger partial charge in [0.05, 0.1) is 19.8 Å². The van der Waals surface area contributed by atoms with Crippen molar-refractivity contribution in [2.45, 2.75) is 0 Å². The summed E-state index contributed by atoms with van der Waals surface area (Å²) in [5.74, 6) is 1.14. The predicted octanol–water partition coefficient (Wildman–Crippen LogP) is 2.93. The first kappa shape index (κ1) is 12.6. The van der Waals surface area contributed by atoms with E-state index in [4.69, 9.17) is 14.0 Å². The lowest BCUT2D eigenvalue weighted by Gasteiger charge is -2.10. The van der Waals surface area contributed by atoms with Crippen LogP contribution in [0.2, 0.25) is 0 Å². The topological polar surface area (TPSA) is 61.6 Å². The number of nitrogens with zero attached hydrogens (tertiary/aromatic N) is 1. The number of carbonyl (C=O) groups is 1. The number of benzene rings is 1. The Kier molecular flexibility index (Phi) is 3.66. The minimum atomic E-state index is 0.378. The third-order valence-corrected chi connectivity index (χ3v) is 3.11. The Morgan fingerprint density at radius 3 is 2.56 bits per heavy atom. The van der Waals surface area contributed by atoms with Crippen molar-refractivity contribution in [3.63, 3.8) is 0 Å². The van der Waals surface area contributed by atoms with E-state index in [9.17, 15) is 4.79 Å². The summed E-state index contributed by atoms with van der Waals surface area (Å²) in [7, 11) is 3.09. The quantitative estimate of drug-likeness (QED) is 0.812. The smallest absolute Gasteiger partial charge is 0.161 e. The van der Waals surface area contributed by atoms with E-state index in [-0.39, 0.29) is 0 Å². The monoisotopic (exact) mass is 311 g/mol. The fourth-order valence-electron chi connectivity index (χ4n) is 1.57. The van der Waals surface area contributed by atoms with E-state index in [1.807, 2.05) is 0 Å². The summed E-state index contributed by atoms with van der Waals surface area (Å²) >= 11 is 3.40. The van der Waals surface area contributed by atoms with E-state index in [1.54, 1.807) is 26.4 Å². The molecule has 0 aliphatic rings. The molecule has 1 aromatic carbocycles. The SMILES string of the molecule is COc1cc(Br)c(-c2nocc2C=O)cc1OC. The van der Waals surface area contributed by atoms with Crippen LogP contribution in [0.25, 0.3) is 11.3 Å². The molecule has 2 rings (SSSR count). The number of hydrogen-bond acceptors (Lipinski definition) is 5. The maximum absolute atomic E-state index is 10.9. The van der Waals surface area contributed by atoms with Crippen molar-refractivity contribution in [3.05, 3.63) is 28.4 Å². The molecule has 0 fully saturated rings. The lowest BCUT2D eigenvalue weighted by Crippen LogP contribution is -1.93. The van der Waals surface area contributed by atoms with Gasteiger partial charge < -0.3 is 14.0 Å². The molecule has 18 heavy (non-hydrogen) atoms. The van der Waals surface area contributed by atoms with Crippen LogP contribution in [0.3, 0.4) is 0 Å². The normalized spacial score (nSPS) is 10.2. The molecule has 0 saturated carbocycles. The summed E-state index contributed by atoms with van der Waals surface area (Å²) in [5.41, 5.74) is 1.53. The first-order chi connectivity index (χ1) is 8.71. The van der Waals surface area contributed by atoms with Crippen LogP contribution in [0.4, 0.5) is 0 Å². The zero-order valence-corrected chi connectivity index (χ0v) is 11.4. The molecule has 0 radical (unpaired) electrons. The van der Waals surface area contributed by atoms with Crippen molar-refractivity contribution in [2.24, 2.45) is 0 Å².